The van der Waals surface area contributed by atoms with E-state index in [2.05, 4.69) is 5.32 Å². The van der Waals surface area contributed by atoms with Crippen molar-refractivity contribution in [3.05, 3.63) is 12.2 Å². The summed E-state index contributed by atoms with van der Waals surface area (Å²) in [5.74, 6) is -0.660. The highest BCUT2D eigenvalue weighted by atomic mass is 16.2. The molecule has 1 aliphatic heterocycles. The molecule has 24 heavy (non-hydrogen) atoms. The fourth-order valence-corrected chi connectivity index (χ4v) is 2.54. The average Bonchev–Trinajstić information content (AvgIpc) is 2.88. The maximum atomic E-state index is 11.8. The standard InChI is InChI=1S/C17H24N2O5/c20-11-2-1-5-14(6-4-12-21)13-18-15(22)7-3-10-19-16(23)8-9-17(19)24/h8-9,11-12,14H,1-7,10,13H2,(H,18,22). The molecule has 1 aliphatic rings. The summed E-state index contributed by atoms with van der Waals surface area (Å²) < 4.78 is 0. The van der Waals surface area contributed by atoms with E-state index in [0.29, 0.717) is 32.2 Å². The van der Waals surface area contributed by atoms with Gasteiger partial charge in [0.25, 0.3) is 11.8 Å². The predicted octanol–water partition coefficient (Wildman–Crippen LogP) is 0.772. The number of unbranched alkanes of at least 4 members (excludes halogenated alkanes) is 1. The first-order chi connectivity index (χ1) is 11.6. The minimum atomic E-state index is -0.343. The van der Waals surface area contributed by atoms with Crippen LogP contribution < -0.4 is 5.32 Å². The van der Waals surface area contributed by atoms with Gasteiger partial charge in [0, 0.05) is 44.5 Å². The van der Waals surface area contributed by atoms with Gasteiger partial charge in [-0.3, -0.25) is 19.3 Å². The number of nitrogens with one attached hydrogen (secondary N) is 1. The summed E-state index contributed by atoms with van der Waals surface area (Å²) in [6.45, 7) is 0.695. The Morgan fingerprint density at radius 2 is 1.71 bits per heavy atom. The lowest BCUT2D eigenvalue weighted by atomic mass is 9.97. The van der Waals surface area contributed by atoms with Crippen LogP contribution in [0.1, 0.15) is 44.9 Å². The molecule has 1 atom stereocenters. The molecular formula is C17H24N2O5. The minimum Gasteiger partial charge on any atom is -0.356 e. The molecular weight excluding hydrogens is 312 g/mol. The summed E-state index contributed by atoms with van der Waals surface area (Å²) in [4.78, 5) is 56.5. The Labute approximate surface area is 141 Å². The molecule has 0 radical (unpaired) electrons. The predicted molar refractivity (Wildman–Crippen MR) is 86.8 cm³/mol. The Kier molecular flexibility index (Phi) is 9.26. The van der Waals surface area contributed by atoms with Gasteiger partial charge < -0.3 is 14.9 Å². The molecule has 1 heterocycles. The van der Waals surface area contributed by atoms with Gasteiger partial charge in [-0.1, -0.05) is 0 Å². The molecule has 132 valence electrons. The van der Waals surface area contributed by atoms with Crippen LogP contribution in [0.2, 0.25) is 0 Å². The molecule has 0 aromatic rings. The first-order valence-corrected chi connectivity index (χ1v) is 8.26. The van der Waals surface area contributed by atoms with Crippen molar-refractivity contribution in [2.24, 2.45) is 5.92 Å². The second kappa shape index (κ2) is 11.3. The highest BCUT2D eigenvalue weighted by Gasteiger charge is 2.22. The van der Waals surface area contributed by atoms with Crippen LogP contribution in [-0.4, -0.2) is 48.3 Å². The molecule has 7 heteroatoms. The number of imide groups is 1. The zero-order valence-electron chi connectivity index (χ0n) is 13.7. The van der Waals surface area contributed by atoms with Gasteiger partial charge in [0.15, 0.2) is 0 Å². The third kappa shape index (κ3) is 7.30. The van der Waals surface area contributed by atoms with Crippen LogP contribution >= 0.6 is 0 Å². The Bertz CT molecular complexity index is 483. The molecule has 0 spiro atoms. The maximum absolute atomic E-state index is 11.8. The summed E-state index contributed by atoms with van der Waals surface area (Å²) in [6.07, 6.45) is 7.94. The number of amides is 3. The van der Waals surface area contributed by atoms with E-state index < -0.39 is 0 Å². The van der Waals surface area contributed by atoms with E-state index in [0.717, 1.165) is 30.3 Å². The Hall–Kier alpha value is -2.31. The molecule has 1 rings (SSSR count). The Balaban J connectivity index is 2.23. The molecule has 0 aromatic heterocycles. The zero-order valence-corrected chi connectivity index (χ0v) is 13.7. The van der Waals surface area contributed by atoms with E-state index in [9.17, 15) is 24.0 Å². The fourth-order valence-electron chi connectivity index (χ4n) is 2.54. The number of carbonyl (C=O) groups excluding carboxylic acids is 5. The van der Waals surface area contributed by atoms with Gasteiger partial charge in [-0.25, -0.2) is 0 Å². The lowest BCUT2D eigenvalue weighted by molar-refractivity contribution is -0.137. The summed E-state index contributed by atoms with van der Waals surface area (Å²) in [5, 5.41) is 2.82. The minimum absolute atomic E-state index is 0.145. The van der Waals surface area contributed by atoms with E-state index in [4.69, 9.17) is 0 Å². The van der Waals surface area contributed by atoms with Gasteiger partial charge in [0.2, 0.25) is 5.91 Å². The number of hydrogen-bond donors (Lipinski definition) is 1. The van der Waals surface area contributed by atoms with Crippen molar-refractivity contribution in [2.75, 3.05) is 13.1 Å². The number of nitrogens with zero attached hydrogens (tertiary/aromatic N) is 1. The largest absolute Gasteiger partial charge is 0.356 e. The van der Waals surface area contributed by atoms with Crippen LogP contribution in [0, 0.1) is 5.92 Å². The van der Waals surface area contributed by atoms with E-state index in [1.807, 2.05) is 0 Å². The molecule has 0 fully saturated rings. The summed E-state index contributed by atoms with van der Waals surface area (Å²) in [6, 6.07) is 0. The molecule has 0 bridgehead atoms. The second-order valence-corrected chi connectivity index (χ2v) is 5.78. The number of hydrogen-bond acceptors (Lipinski definition) is 5. The molecule has 3 amide bonds. The lowest BCUT2D eigenvalue weighted by Gasteiger charge is -2.17. The van der Waals surface area contributed by atoms with Crippen LogP contribution in [0.25, 0.3) is 0 Å². The SMILES string of the molecule is O=CCCCC(CCC=O)CNC(=O)CCCN1C(=O)C=CC1=O. The second-order valence-electron chi connectivity index (χ2n) is 5.78. The van der Waals surface area contributed by atoms with Crippen LogP contribution in [0.3, 0.4) is 0 Å². The summed E-state index contributed by atoms with van der Waals surface area (Å²) in [5.41, 5.74) is 0. The van der Waals surface area contributed by atoms with Crippen molar-refractivity contribution < 1.29 is 24.0 Å². The van der Waals surface area contributed by atoms with Gasteiger partial charge in [-0.05, 0) is 31.6 Å². The van der Waals surface area contributed by atoms with Gasteiger partial charge >= 0.3 is 0 Å². The third-order valence-corrected chi connectivity index (χ3v) is 3.90. The number of aldehydes is 2. The topological polar surface area (TPSA) is 101 Å². The number of rotatable bonds is 13. The molecule has 7 nitrogen and oxygen atoms in total. The van der Waals surface area contributed by atoms with Crippen LogP contribution in [-0.2, 0) is 24.0 Å². The quantitative estimate of drug-likeness (QED) is 0.304. The van der Waals surface area contributed by atoms with Crippen molar-refractivity contribution in [1.29, 1.82) is 0 Å². The monoisotopic (exact) mass is 336 g/mol. The van der Waals surface area contributed by atoms with Gasteiger partial charge in [0.05, 0.1) is 0 Å². The van der Waals surface area contributed by atoms with Crippen molar-refractivity contribution in [2.45, 2.75) is 44.9 Å². The molecule has 0 saturated carbocycles. The van der Waals surface area contributed by atoms with Crippen LogP contribution in [0.5, 0.6) is 0 Å². The summed E-state index contributed by atoms with van der Waals surface area (Å²) in [7, 11) is 0. The van der Waals surface area contributed by atoms with E-state index in [1.54, 1.807) is 0 Å². The van der Waals surface area contributed by atoms with Crippen molar-refractivity contribution in [3.63, 3.8) is 0 Å². The van der Waals surface area contributed by atoms with Crippen molar-refractivity contribution >= 4 is 30.3 Å². The molecule has 1 unspecified atom stereocenters. The molecule has 1 N–H and O–H groups in total. The van der Waals surface area contributed by atoms with Crippen LogP contribution in [0.15, 0.2) is 12.2 Å². The van der Waals surface area contributed by atoms with E-state index in [-0.39, 0.29) is 36.6 Å². The maximum Gasteiger partial charge on any atom is 0.253 e. The Morgan fingerprint density at radius 3 is 2.33 bits per heavy atom. The zero-order chi connectivity index (χ0) is 17.8. The van der Waals surface area contributed by atoms with E-state index >= 15 is 0 Å². The fraction of sp³-hybridized carbons (Fsp3) is 0.588. The number of carbonyl (C=O) groups is 5. The van der Waals surface area contributed by atoms with E-state index in [1.165, 1.54) is 12.2 Å². The average molecular weight is 336 g/mol. The normalized spacial score (nSPS) is 14.8. The van der Waals surface area contributed by atoms with Crippen molar-refractivity contribution in [3.8, 4) is 0 Å². The highest BCUT2D eigenvalue weighted by molar-refractivity contribution is 6.12. The van der Waals surface area contributed by atoms with Crippen molar-refractivity contribution in [1.82, 2.24) is 10.2 Å². The molecule has 0 aliphatic carbocycles. The van der Waals surface area contributed by atoms with Gasteiger partial charge in [0.1, 0.15) is 12.6 Å². The summed E-state index contributed by atoms with van der Waals surface area (Å²) >= 11 is 0. The first kappa shape index (κ1) is 19.7. The Morgan fingerprint density at radius 1 is 1.04 bits per heavy atom. The van der Waals surface area contributed by atoms with Crippen LogP contribution in [0.4, 0.5) is 0 Å². The highest BCUT2D eigenvalue weighted by Crippen LogP contribution is 2.13. The smallest absolute Gasteiger partial charge is 0.253 e. The van der Waals surface area contributed by atoms with Gasteiger partial charge in [-0.15, -0.1) is 0 Å². The molecule has 0 aromatic carbocycles. The third-order valence-electron chi connectivity index (χ3n) is 3.90. The van der Waals surface area contributed by atoms with Gasteiger partial charge in [-0.2, -0.15) is 0 Å². The molecule has 0 saturated heterocycles. The first-order valence-electron chi connectivity index (χ1n) is 8.26. The lowest BCUT2D eigenvalue weighted by Crippen LogP contribution is -2.33.